The number of rotatable bonds is 11. The summed E-state index contributed by atoms with van der Waals surface area (Å²) in [6.07, 6.45) is -4.47. The predicted octanol–water partition coefficient (Wildman–Crippen LogP) is 4.18. The maximum absolute atomic E-state index is 13.3. The van der Waals surface area contributed by atoms with E-state index in [1.165, 1.54) is 19.1 Å². The van der Waals surface area contributed by atoms with Crippen LogP contribution in [0.4, 0.5) is 19.0 Å². The number of anilines is 1. The van der Waals surface area contributed by atoms with E-state index in [-0.39, 0.29) is 23.9 Å². The average molecular weight is 531 g/mol. The number of hydrogen-bond acceptors (Lipinski definition) is 7. The third-order valence-corrected chi connectivity index (χ3v) is 5.79. The van der Waals surface area contributed by atoms with Gasteiger partial charge in [-0.25, -0.2) is 9.97 Å². The maximum Gasteiger partial charge on any atom is 0.416 e. The van der Waals surface area contributed by atoms with Gasteiger partial charge in [0, 0.05) is 23.7 Å². The van der Waals surface area contributed by atoms with Crippen LogP contribution in [0.25, 0.3) is 11.4 Å². The molecular weight excluding hydrogens is 501 g/mol. The lowest BCUT2D eigenvalue weighted by molar-refractivity contribution is -0.137. The van der Waals surface area contributed by atoms with Crippen molar-refractivity contribution in [3.63, 3.8) is 0 Å². The van der Waals surface area contributed by atoms with Crippen molar-refractivity contribution in [2.24, 2.45) is 11.5 Å². The van der Waals surface area contributed by atoms with Crippen LogP contribution in [0.5, 0.6) is 11.5 Å². The first-order chi connectivity index (χ1) is 17.9. The van der Waals surface area contributed by atoms with Crippen LogP contribution in [0, 0.1) is 0 Å². The number of ether oxygens (including phenoxy) is 1. The highest BCUT2D eigenvalue weighted by atomic mass is 19.4. The molecule has 0 saturated heterocycles. The fourth-order valence-corrected chi connectivity index (χ4v) is 3.54. The van der Waals surface area contributed by atoms with Gasteiger partial charge in [-0.15, -0.1) is 0 Å². The molecule has 1 unspecified atom stereocenters. The summed E-state index contributed by atoms with van der Waals surface area (Å²) in [4.78, 5) is 33.7. The zero-order chi connectivity index (χ0) is 28.0. The van der Waals surface area contributed by atoms with Gasteiger partial charge in [0.15, 0.2) is 5.82 Å². The Bertz CT molecular complexity index is 1290. The number of carbonyl (C=O) groups excluding carboxylic acids is 2. The normalized spacial score (nSPS) is 12.3. The molecule has 38 heavy (non-hydrogen) atoms. The topological polar surface area (TPSA) is 136 Å². The van der Waals surface area contributed by atoms with Crippen LogP contribution in [0.2, 0.25) is 0 Å². The molecule has 202 valence electrons. The molecule has 0 saturated carbocycles. The van der Waals surface area contributed by atoms with Crippen LogP contribution in [0.15, 0.2) is 48.5 Å². The van der Waals surface area contributed by atoms with Gasteiger partial charge in [-0.2, -0.15) is 13.2 Å². The fraction of sp³-hybridized carbons (Fsp3) is 0.308. The molecule has 2 aromatic carbocycles. The molecule has 2 amide bonds. The lowest BCUT2D eigenvalue weighted by atomic mass is 10.1. The number of amides is 2. The summed E-state index contributed by atoms with van der Waals surface area (Å²) in [5.74, 6) is -0.384. The summed E-state index contributed by atoms with van der Waals surface area (Å²) >= 11 is 0. The van der Waals surface area contributed by atoms with Gasteiger partial charge in [0.05, 0.1) is 5.56 Å². The van der Waals surface area contributed by atoms with Gasteiger partial charge >= 0.3 is 6.18 Å². The van der Waals surface area contributed by atoms with Crippen LogP contribution in [-0.4, -0.2) is 45.8 Å². The molecule has 1 heterocycles. The number of alkyl halides is 3. The number of nitrogens with two attached hydrogens (primary N) is 2. The van der Waals surface area contributed by atoms with E-state index < -0.39 is 29.6 Å². The predicted molar refractivity (Wildman–Crippen MR) is 136 cm³/mol. The second-order valence-corrected chi connectivity index (χ2v) is 8.50. The first kappa shape index (κ1) is 28.4. The number of nitrogens with zero attached hydrogens (tertiary/aromatic N) is 3. The van der Waals surface area contributed by atoms with Crippen molar-refractivity contribution < 1.29 is 27.5 Å². The van der Waals surface area contributed by atoms with Crippen molar-refractivity contribution in [3.8, 4) is 22.9 Å². The Hall–Kier alpha value is -4.19. The highest BCUT2D eigenvalue weighted by Crippen LogP contribution is 2.35. The third kappa shape index (κ3) is 7.19. The van der Waals surface area contributed by atoms with E-state index in [9.17, 15) is 22.8 Å². The first-order valence-electron chi connectivity index (χ1n) is 11.9. The van der Waals surface area contributed by atoms with Crippen LogP contribution in [-0.2, 0) is 17.5 Å². The van der Waals surface area contributed by atoms with Crippen LogP contribution >= 0.6 is 0 Å². The molecule has 0 aliphatic rings. The molecule has 0 spiro atoms. The Morgan fingerprint density at radius 1 is 1.03 bits per heavy atom. The van der Waals surface area contributed by atoms with Gasteiger partial charge < -0.3 is 21.5 Å². The van der Waals surface area contributed by atoms with Gasteiger partial charge in [0.2, 0.25) is 5.91 Å². The number of benzene rings is 2. The van der Waals surface area contributed by atoms with Crippen molar-refractivity contribution in [2.45, 2.75) is 39.5 Å². The van der Waals surface area contributed by atoms with Crippen LogP contribution in [0.3, 0.4) is 0 Å². The van der Waals surface area contributed by atoms with E-state index in [4.69, 9.17) is 16.2 Å². The van der Waals surface area contributed by atoms with Gasteiger partial charge in [-0.05, 0) is 62.5 Å². The molecular formula is C26H29F3N6O3. The van der Waals surface area contributed by atoms with Crippen LogP contribution < -0.4 is 21.5 Å². The Morgan fingerprint density at radius 2 is 1.68 bits per heavy atom. The summed E-state index contributed by atoms with van der Waals surface area (Å²) in [5.41, 5.74) is 10.8. The highest BCUT2D eigenvalue weighted by Gasteiger charge is 2.31. The Morgan fingerprint density at radius 3 is 2.24 bits per heavy atom. The zero-order valence-corrected chi connectivity index (χ0v) is 21.2. The van der Waals surface area contributed by atoms with Crippen molar-refractivity contribution in [1.82, 2.24) is 14.9 Å². The molecule has 12 heteroatoms. The lowest BCUT2D eigenvalue weighted by Crippen LogP contribution is -2.33. The molecule has 0 aliphatic carbocycles. The molecule has 0 aliphatic heterocycles. The molecule has 3 rings (SSSR count). The molecule has 0 fully saturated rings. The molecule has 1 aromatic heterocycles. The van der Waals surface area contributed by atoms with Gasteiger partial charge in [-0.3, -0.25) is 14.5 Å². The largest absolute Gasteiger partial charge is 0.457 e. The molecule has 9 nitrogen and oxygen atoms in total. The van der Waals surface area contributed by atoms with E-state index in [0.29, 0.717) is 35.7 Å². The number of primary amides is 2. The molecule has 0 bridgehead atoms. The van der Waals surface area contributed by atoms with E-state index >= 15 is 0 Å². The number of halogens is 3. The van der Waals surface area contributed by atoms with E-state index in [1.54, 1.807) is 24.3 Å². The third-order valence-electron chi connectivity index (χ3n) is 5.79. The highest BCUT2D eigenvalue weighted by molar-refractivity contribution is 5.92. The smallest absolute Gasteiger partial charge is 0.416 e. The van der Waals surface area contributed by atoms with Crippen molar-refractivity contribution in [1.29, 1.82) is 0 Å². The summed E-state index contributed by atoms with van der Waals surface area (Å²) in [7, 11) is 0. The minimum absolute atomic E-state index is 0.0692. The number of hydrogen-bond donors (Lipinski definition) is 3. The summed E-state index contributed by atoms with van der Waals surface area (Å²) in [6.45, 7) is 7.02. The van der Waals surface area contributed by atoms with Crippen molar-refractivity contribution in [2.75, 3.05) is 18.4 Å². The van der Waals surface area contributed by atoms with E-state index in [0.717, 1.165) is 12.1 Å². The average Bonchev–Trinajstić information content (AvgIpc) is 2.87. The van der Waals surface area contributed by atoms with Gasteiger partial charge in [0.1, 0.15) is 29.1 Å². The minimum Gasteiger partial charge on any atom is -0.457 e. The van der Waals surface area contributed by atoms with Crippen LogP contribution in [0.1, 0.15) is 42.4 Å². The minimum atomic E-state index is -4.47. The zero-order valence-electron chi connectivity index (χ0n) is 21.2. The molecule has 0 radical (unpaired) electrons. The monoisotopic (exact) mass is 530 g/mol. The van der Waals surface area contributed by atoms with Crippen molar-refractivity contribution in [3.05, 3.63) is 65.4 Å². The molecule has 3 aromatic rings. The Kier molecular flexibility index (Phi) is 8.89. The molecule has 5 N–H and O–H groups in total. The number of carbonyl (C=O) groups is 2. The second kappa shape index (κ2) is 11.9. The second-order valence-electron chi connectivity index (χ2n) is 8.50. The van der Waals surface area contributed by atoms with Gasteiger partial charge in [-0.1, -0.05) is 13.8 Å². The summed E-state index contributed by atoms with van der Waals surface area (Å²) < 4.78 is 45.9. The fourth-order valence-electron chi connectivity index (χ4n) is 3.54. The lowest BCUT2D eigenvalue weighted by Gasteiger charge is -2.21. The summed E-state index contributed by atoms with van der Waals surface area (Å²) in [6, 6.07) is 10.4. The first-order valence-corrected chi connectivity index (χ1v) is 11.9. The standard InChI is InChI=1S/C26H29F3N6O3/c1-4-35(5-2)14-17-12-18(26(27,28)29)8-11-21(17)38-19-9-6-16(7-10-19)25-33-20(24(31)37)13-22(34-25)32-15(3)23(30)36/h6-13,15H,4-5,14H2,1-3H3,(H2,30,36)(H2,31,37)(H,32,33,34). The Labute approximate surface area is 218 Å². The van der Waals surface area contributed by atoms with Crippen molar-refractivity contribution >= 4 is 17.6 Å². The number of nitrogens with one attached hydrogen (secondary N) is 1. The van der Waals surface area contributed by atoms with E-state index in [1.807, 2.05) is 18.7 Å². The Balaban J connectivity index is 1.91. The van der Waals surface area contributed by atoms with E-state index in [2.05, 4.69) is 15.3 Å². The number of aromatic nitrogens is 2. The summed E-state index contributed by atoms with van der Waals surface area (Å²) in [5, 5.41) is 2.79. The molecule has 1 atom stereocenters. The SMILES string of the molecule is CCN(CC)Cc1cc(C(F)(F)F)ccc1Oc1ccc(-c2nc(NC(C)C(N)=O)cc(C(N)=O)n2)cc1. The maximum atomic E-state index is 13.3. The quantitative estimate of drug-likeness (QED) is 0.338. The van der Waals surface area contributed by atoms with Gasteiger partial charge in [0.25, 0.3) is 5.91 Å².